The van der Waals surface area contributed by atoms with Crippen LogP contribution < -0.4 is 11.3 Å². The summed E-state index contributed by atoms with van der Waals surface area (Å²) in [4.78, 5) is 39.2. The minimum absolute atomic E-state index is 0.120. The first-order chi connectivity index (χ1) is 14.3. The van der Waals surface area contributed by atoms with E-state index in [1.54, 1.807) is 28.9 Å². The monoisotopic (exact) mass is 405 g/mol. The summed E-state index contributed by atoms with van der Waals surface area (Å²) in [5.41, 5.74) is 8.57. The summed E-state index contributed by atoms with van der Waals surface area (Å²) in [6.07, 6.45) is 3.60. The zero-order valence-corrected chi connectivity index (χ0v) is 16.9. The molecule has 0 saturated carbocycles. The lowest BCUT2D eigenvalue weighted by atomic mass is 9.98. The van der Waals surface area contributed by atoms with Crippen molar-refractivity contribution in [2.24, 2.45) is 13.0 Å². The number of hydrogen-bond acceptors (Lipinski definition) is 5. The van der Waals surface area contributed by atoms with Crippen molar-refractivity contribution in [2.75, 3.05) is 18.8 Å². The van der Waals surface area contributed by atoms with Gasteiger partial charge in [0.05, 0.1) is 17.4 Å². The number of amides is 1. The van der Waals surface area contributed by atoms with Gasteiger partial charge in [-0.05, 0) is 31.5 Å². The van der Waals surface area contributed by atoms with Gasteiger partial charge in [-0.3, -0.25) is 14.4 Å². The van der Waals surface area contributed by atoms with Gasteiger partial charge >= 0.3 is 0 Å². The molecule has 1 aliphatic rings. The third kappa shape index (κ3) is 3.52. The topological polar surface area (TPSA) is 103 Å². The van der Waals surface area contributed by atoms with Crippen LogP contribution in [0, 0.1) is 12.8 Å². The first-order valence-electron chi connectivity index (χ1n) is 9.76. The molecular weight excluding hydrogens is 382 g/mol. The van der Waals surface area contributed by atoms with Crippen molar-refractivity contribution >= 4 is 17.5 Å². The average Bonchev–Trinajstić information content (AvgIpc) is 3.37. The summed E-state index contributed by atoms with van der Waals surface area (Å²) in [6.45, 7) is 2.74. The van der Waals surface area contributed by atoms with Crippen LogP contribution in [0.1, 0.15) is 32.7 Å². The second-order valence-electron chi connectivity index (χ2n) is 7.66. The first-order valence-corrected chi connectivity index (χ1v) is 9.76. The minimum atomic E-state index is -0.349. The van der Waals surface area contributed by atoms with Crippen LogP contribution in [0.5, 0.6) is 0 Å². The van der Waals surface area contributed by atoms with Crippen molar-refractivity contribution in [3.63, 3.8) is 0 Å². The van der Waals surface area contributed by atoms with Crippen molar-refractivity contribution in [3.05, 3.63) is 75.8 Å². The van der Waals surface area contributed by atoms with Gasteiger partial charge in [0.25, 0.3) is 11.5 Å². The lowest BCUT2D eigenvalue weighted by molar-refractivity contribution is 0.0780. The number of rotatable bonds is 4. The van der Waals surface area contributed by atoms with Crippen LogP contribution >= 0.6 is 0 Å². The van der Waals surface area contributed by atoms with Gasteiger partial charge in [-0.25, -0.2) is 4.68 Å². The van der Waals surface area contributed by atoms with Crippen molar-refractivity contribution in [3.8, 4) is 5.69 Å². The van der Waals surface area contributed by atoms with E-state index in [0.29, 0.717) is 36.5 Å². The van der Waals surface area contributed by atoms with Crippen LogP contribution in [0.4, 0.5) is 5.82 Å². The molecule has 154 valence electrons. The van der Waals surface area contributed by atoms with Gasteiger partial charge < -0.3 is 15.2 Å². The van der Waals surface area contributed by atoms with Crippen molar-refractivity contribution in [1.29, 1.82) is 0 Å². The maximum absolute atomic E-state index is 13.0. The molecule has 8 nitrogen and oxygen atoms in total. The Morgan fingerprint density at radius 1 is 1.17 bits per heavy atom. The highest BCUT2D eigenvalue weighted by molar-refractivity contribution is 6.03. The number of hydrogen-bond donors (Lipinski definition) is 1. The van der Waals surface area contributed by atoms with Gasteiger partial charge in [-0.2, -0.15) is 5.10 Å². The summed E-state index contributed by atoms with van der Waals surface area (Å²) in [7, 11) is 1.63. The van der Waals surface area contributed by atoms with Gasteiger partial charge in [-0.1, -0.05) is 17.7 Å². The third-order valence-electron chi connectivity index (χ3n) is 5.55. The Morgan fingerprint density at radius 3 is 2.60 bits per heavy atom. The molecule has 1 unspecified atom stereocenters. The highest BCUT2D eigenvalue weighted by atomic mass is 16.2. The molecule has 0 radical (unpaired) electrons. The SMILES string of the molecule is Cc1ccc(-n2ncc(C(=O)C3CCN(C(=O)c4ccn(C)c(=O)c4)C3)c2N)cc1. The predicted octanol–water partition coefficient (Wildman–Crippen LogP) is 1.81. The number of carbonyl (C=O) groups is 2. The maximum Gasteiger partial charge on any atom is 0.254 e. The number of aromatic nitrogens is 3. The van der Waals surface area contributed by atoms with Gasteiger partial charge in [0, 0.05) is 43.9 Å². The zero-order valence-electron chi connectivity index (χ0n) is 16.9. The van der Waals surface area contributed by atoms with E-state index in [1.807, 2.05) is 31.2 Å². The third-order valence-corrected chi connectivity index (χ3v) is 5.55. The highest BCUT2D eigenvalue weighted by Crippen LogP contribution is 2.26. The highest BCUT2D eigenvalue weighted by Gasteiger charge is 2.33. The molecule has 4 rings (SSSR count). The summed E-state index contributed by atoms with van der Waals surface area (Å²) >= 11 is 0. The number of nitrogens with two attached hydrogens (primary N) is 1. The van der Waals surface area contributed by atoms with Crippen molar-refractivity contribution < 1.29 is 9.59 Å². The molecule has 0 spiro atoms. The van der Waals surface area contributed by atoms with E-state index in [2.05, 4.69) is 5.10 Å². The molecule has 1 aliphatic heterocycles. The smallest absolute Gasteiger partial charge is 0.254 e. The number of nitrogen functional groups attached to an aromatic ring is 1. The van der Waals surface area contributed by atoms with E-state index in [4.69, 9.17) is 5.73 Å². The predicted molar refractivity (Wildman–Crippen MR) is 113 cm³/mol. The molecule has 1 amide bonds. The summed E-state index contributed by atoms with van der Waals surface area (Å²) < 4.78 is 2.95. The molecule has 1 atom stereocenters. The summed E-state index contributed by atoms with van der Waals surface area (Å²) in [6, 6.07) is 10.6. The van der Waals surface area contributed by atoms with Crippen molar-refractivity contribution in [2.45, 2.75) is 13.3 Å². The number of nitrogens with zero attached hydrogens (tertiary/aromatic N) is 4. The van der Waals surface area contributed by atoms with Crippen LogP contribution in [0.25, 0.3) is 5.69 Å². The number of anilines is 1. The Kier molecular flexibility index (Phi) is 4.99. The second kappa shape index (κ2) is 7.62. The molecule has 3 aromatic rings. The van der Waals surface area contributed by atoms with E-state index in [9.17, 15) is 14.4 Å². The van der Waals surface area contributed by atoms with Crippen LogP contribution in [-0.4, -0.2) is 44.0 Å². The minimum Gasteiger partial charge on any atom is -0.383 e. The number of pyridine rings is 1. The van der Waals surface area contributed by atoms with E-state index in [-0.39, 0.29) is 23.2 Å². The van der Waals surface area contributed by atoms with E-state index < -0.39 is 0 Å². The Morgan fingerprint density at radius 2 is 1.90 bits per heavy atom. The number of benzene rings is 1. The molecule has 30 heavy (non-hydrogen) atoms. The summed E-state index contributed by atoms with van der Waals surface area (Å²) in [5.74, 6) is -0.421. The fraction of sp³-hybridized carbons (Fsp3) is 0.273. The Hall–Kier alpha value is -3.68. The number of Topliss-reactive ketones (excluding diaryl/α,β-unsaturated/α-hetero) is 1. The Bertz CT molecular complexity index is 1180. The second-order valence-corrected chi connectivity index (χ2v) is 7.66. The first kappa shape index (κ1) is 19.6. The van der Waals surface area contributed by atoms with Crippen LogP contribution in [0.15, 0.2) is 53.6 Å². The molecule has 0 aliphatic carbocycles. The Balaban J connectivity index is 1.50. The molecule has 8 heteroatoms. The van der Waals surface area contributed by atoms with Crippen LogP contribution in [0.2, 0.25) is 0 Å². The number of ketones is 1. The summed E-state index contributed by atoms with van der Waals surface area (Å²) in [5, 5.41) is 4.28. The fourth-order valence-corrected chi connectivity index (χ4v) is 3.68. The number of aryl methyl sites for hydroxylation is 2. The molecule has 2 aromatic heterocycles. The van der Waals surface area contributed by atoms with Crippen LogP contribution in [-0.2, 0) is 7.05 Å². The average molecular weight is 405 g/mol. The largest absolute Gasteiger partial charge is 0.383 e. The maximum atomic E-state index is 13.0. The lowest BCUT2D eigenvalue weighted by Gasteiger charge is -2.16. The van der Waals surface area contributed by atoms with E-state index >= 15 is 0 Å². The van der Waals surface area contributed by atoms with E-state index in [0.717, 1.165) is 11.3 Å². The molecule has 1 fully saturated rings. The van der Waals surface area contributed by atoms with Crippen molar-refractivity contribution in [1.82, 2.24) is 19.2 Å². The quantitative estimate of drug-likeness (QED) is 0.667. The normalized spacial score (nSPS) is 16.1. The standard InChI is InChI=1S/C22H23N5O3/c1-14-3-5-17(6-4-14)27-21(23)18(12-24-27)20(29)16-8-10-26(13-16)22(30)15-7-9-25(2)19(28)11-15/h3-7,9,11-12,16H,8,10,13,23H2,1-2H3. The zero-order chi connectivity index (χ0) is 21.4. The molecule has 0 bridgehead atoms. The van der Waals surface area contributed by atoms with Crippen LogP contribution in [0.3, 0.4) is 0 Å². The molecule has 2 N–H and O–H groups in total. The van der Waals surface area contributed by atoms with Gasteiger partial charge in [0.1, 0.15) is 5.82 Å². The molecule has 3 heterocycles. The molecular formula is C22H23N5O3. The molecule has 1 aromatic carbocycles. The molecule has 1 saturated heterocycles. The van der Waals surface area contributed by atoms with Gasteiger partial charge in [-0.15, -0.1) is 0 Å². The van der Waals surface area contributed by atoms with Gasteiger partial charge in [0.15, 0.2) is 5.78 Å². The Labute approximate surface area is 173 Å². The lowest BCUT2D eigenvalue weighted by Crippen LogP contribution is -2.31. The van der Waals surface area contributed by atoms with E-state index in [1.165, 1.54) is 16.8 Å². The number of likely N-dealkylation sites (tertiary alicyclic amines) is 1. The number of carbonyl (C=O) groups excluding carboxylic acids is 2. The van der Waals surface area contributed by atoms with Gasteiger partial charge in [0.2, 0.25) is 0 Å². The fourth-order valence-electron chi connectivity index (χ4n) is 3.68.